The van der Waals surface area contributed by atoms with Gasteiger partial charge in [-0.3, -0.25) is 9.36 Å². The number of carbonyl (C=O) groups excluding carboxylic acids is 1. The third-order valence-corrected chi connectivity index (χ3v) is 5.84. The Morgan fingerprint density at radius 1 is 1.28 bits per heavy atom. The first-order valence-corrected chi connectivity index (χ1v) is 10.2. The van der Waals surface area contributed by atoms with E-state index < -0.39 is 18.5 Å². The molecule has 7 nitrogen and oxygen atoms in total. The molecule has 0 bridgehead atoms. The van der Waals surface area contributed by atoms with Crippen LogP contribution < -0.4 is 16.3 Å². The molecule has 0 saturated carbocycles. The van der Waals surface area contributed by atoms with Crippen molar-refractivity contribution >= 4 is 35.3 Å². The summed E-state index contributed by atoms with van der Waals surface area (Å²) < 4.78 is 18.1. The van der Waals surface area contributed by atoms with Crippen molar-refractivity contribution in [3.05, 3.63) is 17.0 Å². The summed E-state index contributed by atoms with van der Waals surface area (Å²) >= 11 is 1.08. The topological polar surface area (TPSA) is 118 Å². The third-order valence-electron chi connectivity index (χ3n) is 3.14. The second-order valence-corrected chi connectivity index (χ2v) is 10.7. The number of hydrogen-bond donors (Lipinski definition) is 3. The maximum atomic E-state index is 12.6. The van der Waals surface area contributed by atoms with Gasteiger partial charge in [-0.1, -0.05) is 32.1 Å². The molecule has 2 aromatic rings. The van der Waals surface area contributed by atoms with E-state index >= 15 is 0 Å². The van der Waals surface area contributed by atoms with E-state index in [4.69, 9.17) is 10.2 Å². The Bertz CT molecular complexity index is 842. The summed E-state index contributed by atoms with van der Waals surface area (Å²) in [5.41, 5.74) is 4.79. The van der Waals surface area contributed by atoms with Gasteiger partial charge in [0.15, 0.2) is 16.7 Å². The normalized spacial score (nSPS) is 15.2. The lowest BCUT2D eigenvalue weighted by atomic mass is 9.89. The van der Waals surface area contributed by atoms with Crippen molar-refractivity contribution in [1.29, 1.82) is 0 Å². The maximum Gasteiger partial charge on any atom is 0.332 e. The molecule has 2 heterocycles. The van der Waals surface area contributed by atoms with E-state index in [0.29, 0.717) is 10.6 Å². The van der Waals surface area contributed by atoms with Crippen LogP contribution in [-0.4, -0.2) is 21.2 Å². The molecule has 138 valence electrons. The number of anilines is 1. The summed E-state index contributed by atoms with van der Waals surface area (Å²) in [6, 6.07) is 2.94. The molecule has 25 heavy (non-hydrogen) atoms. The summed E-state index contributed by atoms with van der Waals surface area (Å²) in [7, 11) is -3.89. The molecule has 0 aromatic carbocycles. The van der Waals surface area contributed by atoms with Crippen molar-refractivity contribution in [2.24, 2.45) is 5.41 Å². The quantitative estimate of drug-likeness (QED) is 0.545. The van der Waals surface area contributed by atoms with E-state index in [9.17, 15) is 14.3 Å². The van der Waals surface area contributed by atoms with Crippen LogP contribution in [0.3, 0.4) is 0 Å². The molecule has 0 saturated heterocycles. The Kier molecular flexibility index (Phi) is 5.05. The van der Waals surface area contributed by atoms with Crippen molar-refractivity contribution in [3.63, 3.8) is 0 Å². The van der Waals surface area contributed by atoms with Gasteiger partial charge in [-0.25, -0.2) is 10.1 Å². The fourth-order valence-corrected chi connectivity index (χ4v) is 4.63. The molecule has 2 rings (SSSR count). The highest BCUT2D eigenvalue weighted by Crippen LogP contribution is 2.40. The zero-order valence-corrected chi connectivity index (χ0v) is 16.9. The summed E-state index contributed by atoms with van der Waals surface area (Å²) in [4.78, 5) is 27.4. The zero-order chi connectivity index (χ0) is 19.2. The van der Waals surface area contributed by atoms with Gasteiger partial charge in [0.2, 0.25) is 5.50 Å². The number of nitrogen functional groups attached to an aromatic ring is 1. The minimum atomic E-state index is -3.89. The molecule has 4 N–H and O–H groups in total. The average Bonchev–Trinajstić information content (AvgIpc) is 3.00. The van der Waals surface area contributed by atoms with Crippen molar-refractivity contribution < 1.29 is 18.7 Å². The van der Waals surface area contributed by atoms with Crippen LogP contribution in [0, 0.1) is 5.41 Å². The second kappa shape index (κ2) is 6.36. The number of Topliss-reactive ketones (excluding diaryl/α,β-unsaturated/α-hetero) is 1. The first-order chi connectivity index (χ1) is 11.2. The van der Waals surface area contributed by atoms with Gasteiger partial charge in [-0.15, -0.1) is 0 Å². The molecule has 0 aliphatic heterocycles. The van der Waals surface area contributed by atoms with Crippen LogP contribution in [0.5, 0.6) is 0 Å². The minimum Gasteiger partial charge on any atom is -0.448 e. The standard InChI is InChI=1S/C16H24N3O4PS/c1-15(2,3)13(20)12-11(18-14(17)25-12)9-7-8-10(23-9)24(21,22)19-16(4,5)6/h7-8H,1-6H3,(H2,17,18)(H2,19,21,22). The lowest BCUT2D eigenvalue weighted by Gasteiger charge is -2.23. The number of thiazole rings is 1. The summed E-state index contributed by atoms with van der Waals surface area (Å²) in [5, 5.41) is 2.89. The average molecular weight is 385 g/mol. The maximum absolute atomic E-state index is 12.6. The number of nitrogens with one attached hydrogen (secondary N) is 1. The van der Waals surface area contributed by atoms with E-state index in [0.717, 1.165) is 11.3 Å². The van der Waals surface area contributed by atoms with Gasteiger partial charge in [-0.2, -0.15) is 0 Å². The predicted molar refractivity (Wildman–Crippen MR) is 100 cm³/mol. The predicted octanol–water partition coefficient (Wildman–Crippen LogP) is 3.41. The fraction of sp³-hybridized carbons (Fsp3) is 0.500. The van der Waals surface area contributed by atoms with Crippen LogP contribution in [0.4, 0.5) is 5.13 Å². The Labute approximate surface area is 151 Å². The molecule has 0 radical (unpaired) electrons. The highest BCUT2D eigenvalue weighted by Gasteiger charge is 2.33. The molecule has 0 aliphatic carbocycles. The van der Waals surface area contributed by atoms with Gasteiger partial charge in [0.25, 0.3) is 0 Å². The number of carbonyl (C=O) groups is 1. The summed E-state index contributed by atoms with van der Waals surface area (Å²) in [6.45, 7) is 10.7. The fourth-order valence-electron chi connectivity index (χ4n) is 2.13. The Morgan fingerprint density at radius 3 is 2.40 bits per heavy atom. The molecular weight excluding hydrogens is 361 g/mol. The molecule has 0 aliphatic rings. The van der Waals surface area contributed by atoms with Crippen molar-refractivity contribution in [2.75, 3.05) is 5.73 Å². The Balaban J connectivity index is 2.45. The zero-order valence-electron chi connectivity index (χ0n) is 15.2. The highest BCUT2D eigenvalue weighted by atomic mass is 32.1. The van der Waals surface area contributed by atoms with Gasteiger partial charge in [0.05, 0.1) is 0 Å². The number of furan rings is 1. The van der Waals surface area contributed by atoms with E-state index in [2.05, 4.69) is 10.1 Å². The summed E-state index contributed by atoms with van der Waals surface area (Å²) in [5.74, 6) is 0.121. The molecule has 9 heteroatoms. The molecule has 2 aromatic heterocycles. The van der Waals surface area contributed by atoms with Gasteiger partial charge in [-0.05, 0) is 32.9 Å². The lowest BCUT2D eigenvalue weighted by Crippen LogP contribution is -2.35. The first kappa shape index (κ1) is 19.8. The van der Waals surface area contributed by atoms with Crippen molar-refractivity contribution in [2.45, 2.75) is 47.1 Å². The van der Waals surface area contributed by atoms with Crippen LogP contribution in [0.2, 0.25) is 0 Å². The van der Waals surface area contributed by atoms with Crippen LogP contribution >= 0.6 is 18.9 Å². The molecule has 0 fully saturated rings. The van der Waals surface area contributed by atoms with Crippen LogP contribution in [-0.2, 0) is 4.57 Å². The highest BCUT2D eigenvalue weighted by molar-refractivity contribution is 7.63. The van der Waals surface area contributed by atoms with Crippen molar-refractivity contribution in [1.82, 2.24) is 10.1 Å². The monoisotopic (exact) mass is 385 g/mol. The van der Waals surface area contributed by atoms with Gasteiger partial charge >= 0.3 is 7.52 Å². The number of aromatic nitrogens is 1. The van der Waals surface area contributed by atoms with Gasteiger partial charge in [0.1, 0.15) is 10.6 Å². The van der Waals surface area contributed by atoms with Crippen LogP contribution in [0.25, 0.3) is 11.5 Å². The van der Waals surface area contributed by atoms with E-state index in [-0.39, 0.29) is 22.2 Å². The first-order valence-electron chi connectivity index (χ1n) is 7.75. The van der Waals surface area contributed by atoms with E-state index in [1.807, 2.05) is 0 Å². The molecular formula is C16H24N3O4PS. The minimum absolute atomic E-state index is 0.0989. The second-order valence-electron chi connectivity index (χ2n) is 7.88. The summed E-state index contributed by atoms with van der Waals surface area (Å²) in [6.07, 6.45) is 0. The molecule has 1 atom stereocenters. The molecule has 0 amide bonds. The lowest BCUT2D eigenvalue weighted by molar-refractivity contribution is 0.0863. The molecule has 1 unspecified atom stereocenters. The van der Waals surface area contributed by atoms with Crippen LogP contribution in [0.1, 0.15) is 51.2 Å². The molecule has 0 spiro atoms. The van der Waals surface area contributed by atoms with Gasteiger partial charge in [0, 0.05) is 11.0 Å². The van der Waals surface area contributed by atoms with E-state index in [1.54, 1.807) is 41.5 Å². The number of nitrogens with zero attached hydrogens (tertiary/aromatic N) is 1. The largest absolute Gasteiger partial charge is 0.448 e. The van der Waals surface area contributed by atoms with E-state index in [1.165, 1.54) is 12.1 Å². The number of ketones is 1. The van der Waals surface area contributed by atoms with Crippen molar-refractivity contribution in [3.8, 4) is 11.5 Å². The SMILES string of the molecule is CC(C)(C)NP(=O)(O)c1ccc(-c2nc(N)sc2C(=O)C(C)(C)C)o1. The van der Waals surface area contributed by atoms with Gasteiger partial charge < -0.3 is 15.0 Å². The number of nitrogens with two attached hydrogens (primary N) is 1. The smallest absolute Gasteiger partial charge is 0.332 e. The Morgan fingerprint density at radius 2 is 1.88 bits per heavy atom. The van der Waals surface area contributed by atoms with Crippen LogP contribution in [0.15, 0.2) is 16.5 Å². The third kappa shape index (κ3) is 4.58. The Hall–Kier alpha value is -1.47. The number of hydrogen-bond acceptors (Lipinski definition) is 6. The number of rotatable bonds is 4.